The Hall–Kier alpha value is -1.64. The summed E-state index contributed by atoms with van der Waals surface area (Å²) in [5.74, 6) is 1.30. The first-order chi connectivity index (χ1) is 9.74. The zero-order valence-electron chi connectivity index (χ0n) is 12.0. The van der Waals surface area contributed by atoms with Gasteiger partial charge in [-0.3, -0.25) is 4.79 Å². The molecule has 2 fully saturated rings. The molecule has 0 saturated heterocycles. The molecule has 3 heteroatoms. The van der Waals surface area contributed by atoms with E-state index in [0.717, 1.165) is 25.0 Å². The van der Waals surface area contributed by atoms with Gasteiger partial charge in [-0.1, -0.05) is 37.3 Å². The second kappa shape index (κ2) is 5.78. The Morgan fingerprint density at radius 1 is 1.30 bits per heavy atom. The van der Waals surface area contributed by atoms with Gasteiger partial charge in [0, 0.05) is 11.6 Å². The van der Waals surface area contributed by atoms with Gasteiger partial charge in [0.15, 0.2) is 0 Å². The van der Waals surface area contributed by atoms with Gasteiger partial charge in [0.2, 0.25) is 5.91 Å². The molecule has 1 N–H and O–H groups in total. The highest BCUT2D eigenvalue weighted by Gasteiger charge is 2.43. The van der Waals surface area contributed by atoms with Crippen molar-refractivity contribution in [2.24, 2.45) is 16.9 Å². The van der Waals surface area contributed by atoms with Crippen molar-refractivity contribution >= 4 is 11.6 Å². The second-order valence-electron chi connectivity index (χ2n) is 6.21. The van der Waals surface area contributed by atoms with Crippen LogP contribution in [0.2, 0.25) is 0 Å². The second-order valence-corrected chi connectivity index (χ2v) is 6.21. The maximum absolute atomic E-state index is 12.1. The van der Waals surface area contributed by atoms with Crippen LogP contribution in [0.5, 0.6) is 0 Å². The van der Waals surface area contributed by atoms with Crippen molar-refractivity contribution < 1.29 is 4.79 Å². The molecule has 2 aliphatic carbocycles. The fourth-order valence-corrected chi connectivity index (χ4v) is 3.13. The van der Waals surface area contributed by atoms with Gasteiger partial charge in [-0.25, -0.2) is 5.43 Å². The van der Waals surface area contributed by atoms with E-state index in [0.29, 0.717) is 11.8 Å². The van der Waals surface area contributed by atoms with Crippen LogP contribution in [-0.4, -0.2) is 11.6 Å². The van der Waals surface area contributed by atoms with Crippen molar-refractivity contribution in [3.05, 3.63) is 35.9 Å². The average Bonchev–Trinajstić information content (AvgIpc) is 3.26. The summed E-state index contributed by atoms with van der Waals surface area (Å²) < 4.78 is 0. The first kappa shape index (κ1) is 13.3. The average molecular weight is 270 g/mol. The topological polar surface area (TPSA) is 41.5 Å². The summed E-state index contributed by atoms with van der Waals surface area (Å²) >= 11 is 0. The van der Waals surface area contributed by atoms with Crippen molar-refractivity contribution in [2.45, 2.75) is 44.9 Å². The first-order valence-electron chi connectivity index (χ1n) is 7.64. The molecule has 3 nitrogen and oxygen atoms in total. The number of rotatable bonds is 3. The van der Waals surface area contributed by atoms with Gasteiger partial charge in [0.1, 0.15) is 0 Å². The van der Waals surface area contributed by atoms with E-state index in [4.69, 9.17) is 0 Å². The van der Waals surface area contributed by atoms with Crippen molar-refractivity contribution in [3.63, 3.8) is 0 Å². The molecule has 0 radical (unpaired) electrons. The predicted molar refractivity (Wildman–Crippen MR) is 80.5 cm³/mol. The SMILES string of the molecule is C[C@@H]1CCC/C(=N\NC(=O)[C@@H]2C[C@H]2c2ccccc2)C1. The van der Waals surface area contributed by atoms with E-state index in [1.54, 1.807) is 0 Å². The number of nitrogens with one attached hydrogen (secondary N) is 1. The molecular weight excluding hydrogens is 248 g/mol. The van der Waals surface area contributed by atoms with Crippen LogP contribution in [0, 0.1) is 11.8 Å². The van der Waals surface area contributed by atoms with Gasteiger partial charge in [0.25, 0.3) is 0 Å². The number of hydrogen-bond donors (Lipinski definition) is 1. The van der Waals surface area contributed by atoms with Gasteiger partial charge in [-0.2, -0.15) is 5.10 Å². The Morgan fingerprint density at radius 3 is 2.85 bits per heavy atom. The van der Waals surface area contributed by atoms with E-state index in [9.17, 15) is 4.79 Å². The van der Waals surface area contributed by atoms with Crippen molar-refractivity contribution in [3.8, 4) is 0 Å². The third-order valence-corrected chi connectivity index (χ3v) is 4.43. The normalized spacial score (nSPS) is 31.1. The molecule has 0 aromatic heterocycles. The molecule has 3 atom stereocenters. The fraction of sp³-hybridized carbons (Fsp3) is 0.529. The van der Waals surface area contributed by atoms with Crippen LogP contribution < -0.4 is 5.43 Å². The largest absolute Gasteiger partial charge is 0.273 e. The summed E-state index contributed by atoms with van der Waals surface area (Å²) in [6.07, 6.45) is 5.51. The lowest BCUT2D eigenvalue weighted by Gasteiger charge is -2.18. The van der Waals surface area contributed by atoms with Crippen LogP contribution in [-0.2, 0) is 4.79 Å². The van der Waals surface area contributed by atoms with Gasteiger partial charge in [-0.15, -0.1) is 0 Å². The molecular formula is C17H22N2O. The number of amides is 1. The number of hydrogen-bond acceptors (Lipinski definition) is 2. The van der Waals surface area contributed by atoms with Crippen LogP contribution in [0.15, 0.2) is 35.4 Å². The molecule has 0 heterocycles. The molecule has 0 bridgehead atoms. The maximum Gasteiger partial charge on any atom is 0.243 e. The summed E-state index contributed by atoms with van der Waals surface area (Å²) in [7, 11) is 0. The molecule has 0 spiro atoms. The summed E-state index contributed by atoms with van der Waals surface area (Å²) in [6, 6.07) is 10.3. The Balaban J connectivity index is 1.53. The quantitative estimate of drug-likeness (QED) is 0.839. The fourth-order valence-electron chi connectivity index (χ4n) is 3.13. The summed E-state index contributed by atoms with van der Waals surface area (Å²) in [4.78, 5) is 12.1. The Bertz CT molecular complexity index is 509. The zero-order chi connectivity index (χ0) is 13.9. The summed E-state index contributed by atoms with van der Waals surface area (Å²) in [6.45, 7) is 2.25. The minimum Gasteiger partial charge on any atom is -0.273 e. The van der Waals surface area contributed by atoms with E-state index < -0.39 is 0 Å². The van der Waals surface area contributed by atoms with E-state index in [1.165, 1.54) is 18.4 Å². The maximum atomic E-state index is 12.1. The molecule has 1 aromatic rings. The lowest BCUT2D eigenvalue weighted by molar-refractivity contribution is -0.122. The minimum atomic E-state index is 0.0876. The minimum absolute atomic E-state index is 0.0876. The molecule has 20 heavy (non-hydrogen) atoms. The molecule has 2 saturated carbocycles. The lowest BCUT2D eigenvalue weighted by Crippen LogP contribution is -2.23. The summed E-state index contributed by atoms with van der Waals surface area (Å²) in [5.41, 5.74) is 5.21. The Kier molecular flexibility index (Phi) is 3.86. The lowest BCUT2D eigenvalue weighted by atomic mass is 9.89. The number of hydrazone groups is 1. The van der Waals surface area contributed by atoms with Gasteiger partial charge >= 0.3 is 0 Å². The molecule has 0 unspecified atom stereocenters. The number of nitrogens with zero attached hydrogens (tertiary/aromatic N) is 1. The third-order valence-electron chi connectivity index (χ3n) is 4.43. The van der Waals surface area contributed by atoms with Crippen LogP contribution in [0.1, 0.15) is 50.5 Å². The highest BCUT2D eigenvalue weighted by molar-refractivity contribution is 5.88. The van der Waals surface area contributed by atoms with Gasteiger partial charge in [-0.05, 0) is 49.5 Å². The van der Waals surface area contributed by atoms with E-state index in [-0.39, 0.29) is 11.8 Å². The van der Waals surface area contributed by atoms with Crippen LogP contribution in [0.25, 0.3) is 0 Å². The van der Waals surface area contributed by atoms with Crippen molar-refractivity contribution in [2.75, 3.05) is 0 Å². The monoisotopic (exact) mass is 270 g/mol. The van der Waals surface area contributed by atoms with Crippen LogP contribution in [0.4, 0.5) is 0 Å². The molecule has 0 aliphatic heterocycles. The predicted octanol–water partition coefficient (Wildman–Crippen LogP) is 3.47. The van der Waals surface area contributed by atoms with Crippen LogP contribution >= 0.6 is 0 Å². The van der Waals surface area contributed by atoms with Gasteiger partial charge < -0.3 is 0 Å². The third kappa shape index (κ3) is 3.09. The van der Waals surface area contributed by atoms with Gasteiger partial charge in [0.05, 0.1) is 0 Å². The molecule has 106 valence electrons. The van der Waals surface area contributed by atoms with E-state index >= 15 is 0 Å². The molecule has 1 amide bonds. The Morgan fingerprint density at radius 2 is 2.10 bits per heavy atom. The zero-order valence-corrected chi connectivity index (χ0v) is 12.0. The van der Waals surface area contributed by atoms with Crippen molar-refractivity contribution in [1.82, 2.24) is 5.43 Å². The van der Waals surface area contributed by atoms with Crippen molar-refractivity contribution in [1.29, 1.82) is 0 Å². The highest BCUT2D eigenvalue weighted by atomic mass is 16.2. The Labute approximate surface area is 120 Å². The first-order valence-corrected chi connectivity index (χ1v) is 7.64. The standard InChI is InChI=1S/C17H22N2O/c1-12-6-5-9-14(10-12)18-19-17(20)16-11-15(16)13-7-3-2-4-8-13/h2-4,7-8,12,15-16H,5-6,9-11H2,1H3,(H,19,20)/b18-14+/t12-,15+,16-/m1/s1. The number of benzene rings is 1. The van der Waals surface area contributed by atoms with E-state index in [2.05, 4.69) is 29.6 Å². The van der Waals surface area contributed by atoms with E-state index in [1.807, 2.05) is 18.2 Å². The summed E-state index contributed by atoms with van der Waals surface area (Å²) in [5, 5.41) is 4.34. The van der Waals surface area contributed by atoms with Crippen LogP contribution in [0.3, 0.4) is 0 Å². The molecule has 3 rings (SSSR count). The molecule has 1 aromatic carbocycles. The highest BCUT2D eigenvalue weighted by Crippen LogP contribution is 2.47. The smallest absolute Gasteiger partial charge is 0.243 e. The molecule has 2 aliphatic rings. The number of carbonyl (C=O) groups is 1. The number of carbonyl (C=O) groups excluding carboxylic acids is 1.